The molecular formula is C18H26N4S. The number of aliphatic imine (C=N–C) groups is 1. The summed E-state index contributed by atoms with van der Waals surface area (Å²) in [7, 11) is 0. The van der Waals surface area contributed by atoms with Crippen molar-refractivity contribution in [2.75, 3.05) is 5.75 Å². The van der Waals surface area contributed by atoms with Gasteiger partial charge < -0.3 is 4.57 Å². The van der Waals surface area contributed by atoms with Crippen LogP contribution in [0.2, 0.25) is 0 Å². The molecule has 1 aliphatic heterocycles. The summed E-state index contributed by atoms with van der Waals surface area (Å²) in [6.07, 6.45) is 9.17. The molecule has 0 atom stereocenters. The smallest absolute Gasteiger partial charge is 0.177 e. The normalized spacial score (nSPS) is 24.6. The molecule has 0 saturated heterocycles. The van der Waals surface area contributed by atoms with E-state index in [1.54, 1.807) is 11.8 Å². The molecular weight excluding hydrogens is 304 g/mol. The third-order valence-corrected chi connectivity index (χ3v) is 6.10. The van der Waals surface area contributed by atoms with Gasteiger partial charge in [0.15, 0.2) is 5.17 Å². The molecule has 23 heavy (non-hydrogen) atoms. The second-order valence-corrected chi connectivity index (χ2v) is 8.04. The maximum absolute atomic E-state index is 4.86. The van der Waals surface area contributed by atoms with Crippen LogP contribution < -0.4 is 5.43 Å². The summed E-state index contributed by atoms with van der Waals surface area (Å²) in [6, 6.07) is 3.55. The maximum atomic E-state index is 4.86. The van der Waals surface area contributed by atoms with Crippen LogP contribution >= 0.6 is 11.8 Å². The van der Waals surface area contributed by atoms with Gasteiger partial charge in [0, 0.05) is 28.7 Å². The van der Waals surface area contributed by atoms with Gasteiger partial charge in [0.05, 0.1) is 11.8 Å². The number of aromatic nitrogens is 1. The second kappa shape index (κ2) is 6.34. The summed E-state index contributed by atoms with van der Waals surface area (Å²) in [5.41, 5.74) is 8.43. The molecule has 4 rings (SSSR count). The lowest BCUT2D eigenvalue weighted by Crippen LogP contribution is -2.27. The van der Waals surface area contributed by atoms with Crippen molar-refractivity contribution in [3.63, 3.8) is 0 Å². The minimum absolute atomic E-state index is 0.510. The number of nitrogens with one attached hydrogen (secondary N) is 1. The summed E-state index contributed by atoms with van der Waals surface area (Å²) in [4.78, 5) is 4.86. The zero-order valence-electron chi connectivity index (χ0n) is 14.1. The number of amidine groups is 1. The van der Waals surface area contributed by atoms with E-state index in [0.29, 0.717) is 6.04 Å². The highest BCUT2D eigenvalue weighted by Gasteiger charge is 2.28. The standard InChI is InChI=1S/C18H26N4S/c1-12-10-16(13(2)22(12)15-8-9-15)17-11-23-18(21-20-17)19-14-6-4-3-5-7-14/h10,14-15H,3-9,11H2,1-2H3,(H,19,21). The van der Waals surface area contributed by atoms with Gasteiger partial charge >= 0.3 is 0 Å². The number of aryl methyl sites for hydroxylation is 1. The van der Waals surface area contributed by atoms with Gasteiger partial charge in [0.2, 0.25) is 0 Å². The third kappa shape index (κ3) is 3.21. The van der Waals surface area contributed by atoms with Crippen LogP contribution in [0.25, 0.3) is 0 Å². The molecule has 3 aliphatic rings. The van der Waals surface area contributed by atoms with E-state index >= 15 is 0 Å². The SMILES string of the molecule is Cc1cc(C2=NNC(=NC3CCCCC3)SC2)c(C)n1C1CC1. The lowest BCUT2D eigenvalue weighted by Gasteiger charge is -2.21. The van der Waals surface area contributed by atoms with Gasteiger partial charge in [-0.05, 0) is 45.6 Å². The lowest BCUT2D eigenvalue weighted by molar-refractivity contribution is 0.443. The van der Waals surface area contributed by atoms with Crippen molar-refractivity contribution in [1.82, 2.24) is 9.99 Å². The van der Waals surface area contributed by atoms with Crippen LogP contribution in [0.4, 0.5) is 0 Å². The largest absolute Gasteiger partial charge is 0.345 e. The molecule has 2 saturated carbocycles. The maximum Gasteiger partial charge on any atom is 0.177 e. The van der Waals surface area contributed by atoms with Crippen molar-refractivity contribution in [2.24, 2.45) is 10.1 Å². The molecule has 0 unspecified atom stereocenters. The molecule has 4 nitrogen and oxygen atoms in total. The average Bonchev–Trinajstić information content (AvgIpc) is 3.35. The van der Waals surface area contributed by atoms with E-state index in [1.807, 2.05) is 0 Å². The predicted octanol–water partition coefficient (Wildman–Crippen LogP) is 4.17. The quantitative estimate of drug-likeness (QED) is 0.904. The fourth-order valence-electron chi connectivity index (χ4n) is 3.86. The van der Waals surface area contributed by atoms with Crippen LogP contribution in [0, 0.1) is 13.8 Å². The van der Waals surface area contributed by atoms with Crippen LogP contribution in [0.3, 0.4) is 0 Å². The Kier molecular flexibility index (Phi) is 4.22. The topological polar surface area (TPSA) is 41.7 Å². The predicted molar refractivity (Wildman–Crippen MR) is 98.6 cm³/mol. The van der Waals surface area contributed by atoms with Crippen molar-refractivity contribution in [2.45, 2.75) is 70.9 Å². The van der Waals surface area contributed by atoms with Gasteiger partial charge in [-0.3, -0.25) is 10.4 Å². The van der Waals surface area contributed by atoms with Crippen molar-refractivity contribution in [3.8, 4) is 0 Å². The Morgan fingerprint density at radius 1 is 1.17 bits per heavy atom. The molecule has 5 heteroatoms. The van der Waals surface area contributed by atoms with Gasteiger partial charge in [-0.1, -0.05) is 31.0 Å². The first-order chi connectivity index (χ1) is 11.2. The first-order valence-corrected chi connectivity index (χ1v) is 9.93. The van der Waals surface area contributed by atoms with E-state index < -0.39 is 0 Å². The molecule has 124 valence electrons. The van der Waals surface area contributed by atoms with Crippen LogP contribution in [0.1, 0.15) is 67.9 Å². The zero-order valence-corrected chi connectivity index (χ0v) is 15.0. The highest BCUT2D eigenvalue weighted by atomic mass is 32.2. The number of hydrogen-bond donors (Lipinski definition) is 1. The molecule has 0 aromatic carbocycles. The molecule has 1 aromatic heterocycles. The Morgan fingerprint density at radius 2 is 1.96 bits per heavy atom. The van der Waals surface area contributed by atoms with Crippen molar-refractivity contribution < 1.29 is 0 Å². The molecule has 0 bridgehead atoms. The second-order valence-electron chi connectivity index (χ2n) is 7.07. The van der Waals surface area contributed by atoms with E-state index in [9.17, 15) is 0 Å². The van der Waals surface area contributed by atoms with E-state index in [2.05, 4.69) is 35.0 Å². The number of rotatable bonds is 3. The van der Waals surface area contributed by atoms with Gasteiger partial charge in [-0.15, -0.1) is 0 Å². The molecule has 2 aliphatic carbocycles. The first-order valence-electron chi connectivity index (χ1n) is 8.94. The fraction of sp³-hybridized carbons (Fsp3) is 0.667. The fourth-order valence-corrected chi connectivity index (χ4v) is 4.69. The highest BCUT2D eigenvalue weighted by molar-refractivity contribution is 8.14. The van der Waals surface area contributed by atoms with E-state index in [4.69, 9.17) is 4.99 Å². The van der Waals surface area contributed by atoms with E-state index in [0.717, 1.165) is 22.7 Å². The highest BCUT2D eigenvalue weighted by Crippen LogP contribution is 2.38. The van der Waals surface area contributed by atoms with Crippen molar-refractivity contribution in [3.05, 3.63) is 23.0 Å². The summed E-state index contributed by atoms with van der Waals surface area (Å²) in [5.74, 6) is 0.924. The minimum Gasteiger partial charge on any atom is -0.345 e. The summed E-state index contributed by atoms with van der Waals surface area (Å²) >= 11 is 1.81. The van der Waals surface area contributed by atoms with Gasteiger partial charge in [0.25, 0.3) is 0 Å². The lowest BCUT2D eigenvalue weighted by atomic mass is 9.96. The molecule has 1 N–H and O–H groups in total. The molecule has 2 fully saturated rings. The molecule has 0 radical (unpaired) electrons. The molecule has 0 spiro atoms. The van der Waals surface area contributed by atoms with E-state index in [-0.39, 0.29) is 0 Å². The van der Waals surface area contributed by atoms with Gasteiger partial charge in [-0.25, -0.2) is 0 Å². The Labute approximate surface area is 142 Å². The van der Waals surface area contributed by atoms with Crippen LogP contribution in [-0.4, -0.2) is 27.2 Å². The Hall–Kier alpha value is -1.23. The van der Waals surface area contributed by atoms with E-state index in [1.165, 1.54) is 61.9 Å². The van der Waals surface area contributed by atoms with Crippen LogP contribution in [-0.2, 0) is 0 Å². The number of thioether (sulfide) groups is 1. The van der Waals surface area contributed by atoms with Crippen molar-refractivity contribution in [1.29, 1.82) is 0 Å². The van der Waals surface area contributed by atoms with Crippen molar-refractivity contribution >= 4 is 22.6 Å². The van der Waals surface area contributed by atoms with Gasteiger partial charge in [0.1, 0.15) is 0 Å². The Bertz CT molecular complexity index is 648. The third-order valence-electron chi connectivity index (χ3n) is 5.21. The van der Waals surface area contributed by atoms with Crippen LogP contribution in [0.15, 0.2) is 16.2 Å². The van der Waals surface area contributed by atoms with Gasteiger partial charge in [-0.2, -0.15) is 5.10 Å². The summed E-state index contributed by atoms with van der Waals surface area (Å²) in [6.45, 7) is 4.45. The van der Waals surface area contributed by atoms with Crippen LogP contribution in [0.5, 0.6) is 0 Å². The zero-order chi connectivity index (χ0) is 15.8. The Balaban J connectivity index is 1.49. The average molecular weight is 331 g/mol. The number of nitrogens with zero attached hydrogens (tertiary/aromatic N) is 3. The monoisotopic (exact) mass is 330 g/mol. The summed E-state index contributed by atoms with van der Waals surface area (Å²) < 4.78 is 2.49. The molecule has 0 amide bonds. The molecule has 1 aromatic rings. The first kappa shape index (κ1) is 15.3. The Morgan fingerprint density at radius 3 is 2.61 bits per heavy atom. The molecule has 2 heterocycles. The summed E-state index contributed by atoms with van der Waals surface area (Å²) in [5, 5.41) is 5.65. The number of hydrogen-bond acceptors (Lipinski definition) is 3. The number of hydrazone groups is 1. The minimum atomic E-state index is 0.510.